The Hall–Kier alpha value is -3.44. The van der Waals surface area contributed by atoms with E-state index in [2.05, 4.69) is 20.9 Å². The number of aromatic nitrogens is 1. The highest BCUT2D eigenvalue weighted by atomic mass is 16.4. The number of fused-ring (bicyclic) bond motifs is 1. The Morgan fingerprint density at radius 2 is 1.56 bits per heavy atom. The maximum atomic E-state index is 13.2. The lowest BCUT2D eigenvalue weighted by Crippen LogP contribution is -2.59. The van der Waals surface area contributed by atoms with E-state index in [-0.39, 0.29) is 6.42 Å². The fraction of sp³-hybridized carbons (Fsp3) is 0.478. The van der Waals surface area contributed by atoms with E-state index in [0.29, 0.717) is 0 Å². The number of nitrogens with two attached hydrogens (primary N) is 1. The van der Waals surface area contributed by atoms with Crippen LogP contribution in [0.3, 0.4) is 0 Å². The molecule has 0 spiro atoms. The number of nitrogens with one attached hydrogen (secondary N) is 4. The third-order valence-corrected chi connectivity index (χ3v) is 5.44. The van der Waals surface area contributed by atoms with E-state index in [1.54, 1.807) is 20.0 Å². The quantitative estimate of drug-likeness (QED) is 0.231. The van der Waals surface area contributed by atoms with Crippen LogP contribution in [-0.2, 0) is 25.6 Å². The van der Waals surface area contributed by atoms with Gasteiger partial charge in [0.05, 0.1) is 12.1 Å². The van der Waals surface area contributed by atoms with E-state index in [9.17, 15) is 29.4 Å². The number of amides is 3. The number of rotatable bonds is 11. The van der Waals surface area contributed by atoms with Crippen molar-refractivity contribution >= 4 is 34.6 Å². The number of hydrogen-bond donors (Lipinski definition) is 7. The van der Waals surface area contributed by atoms with Gasteiger partial charge in [-0.1, -0.05) is 32.0 Å². The van der Waals surface area contributed by atoms with Crippen LogP contribution in [0.15, 0.2) is 30.5 Å². The molecular weight excluding hydrogens is 442 g/mol. The van der Waals surface area contributed by atoms with E-state index < -0.39 is 59.9 Å². The Balaban J connectivity index is 2.26. The van der Waals surface area contributed by atoms with Gasteiger partial charge in [-0.05, 0) is 31.4 Å². The predicted molar refractivity (Wildman–Crippen MR) is 126 cm³/mol. The molecule has 0 saturated carbocycles. The zero-order chi connectivity index (χ0) is 25.6. The molecule has 186 valence electrons. The van der Waals surface area contributed by atoms with Crippen LogP contribution in [0, 0.1) is 5.92 Å². The first-order valence-electron chi connectivity index (χ1n) is 11.0. The molecule has 2 rings (SSSR count). The van der Waals surface area contributed by atoms with Gasteiger partial charge in [0.1, 0.15) is 12.1 Å². The van der Waals surface area contributed by atoms with Crippen LogP contribution in [-0.4, -0.2) is 69.2 Å². The van der Waals surface area contributed by atoms with Crippen molar-refractivity contribution in [1.82, 2.24) is 20.9 Å². The lowest BCUT2D eigenvalue weighted by Gasteiger charge is -2.27. The molecule has 3 amide bonds. The SMILES string of the molecule is CC(N)C(=O)NC(Cc1c[nH]c2ccccc12)C(=O)NC(C(=O)NC(C(=O)O)C(C)O)C(C)C. The number of aliphatic hydroxyl groups excluding tert-OH is 1. The number of carbonyl (C=O) groups excluding carboxylic acids is 3. The molecule has 0 radical (unpaired) electrons. The van der Waals surface area contributed by atoms with Crippen molar-refractivity contribution in [3.8, 4) is 0 Å². The second-order valence-corrected chi connectivity index (χ2v) is 8.71. The summed E-state index contributed by atoms with van der Waals surface area (Å²) < 4.78 is 0. The maximum absolute atomic E-state index is 13.2. The minimum absolute atomic E-state index is 0.131. The molecule has 5 unspecified atom stereocenters. The number of H-pyrrole nitrogens is 1. The van der Waals surface area contributed by atoms with E-state index in [1.807, 2.05) is 24.3 Å². The molecule has 1 aromatic carbocycles. The van der Waals surface area contributed by atoms with Gasteiger partial charge >= 0.3 is 5.97 Å². The van der Waals surface area contributed by atoms with E-state index in [1.165, 1.54) is 13.8 Å². The van der Waals surface area contributed by atoms with Crippen LogP contribution in [0.1, 0.15) is 33.3 Å². The molecule has 0 fully saturated rings. The standard InChI is InChI=1S/C23H33N5O6/c1-11(2)18(22(32)28-19(13(4)29)23(33)34)27-21(31)17(26-20(30)12(3)24)9-14-10-25-16-8-6-5-7-15(14)16/h5-8,10-13,17-19,25,29H,9,24H2,1-4H3,(H,26,30)(H,27,31)(H,28,32)(H,33,34). The van der Waals surface area contributed by atoms with Gasteiger partial charge < -0.3 is 36.9 Å². The van der Waals surface area contributed by atoms with Gasteiger partial charge in [0.2, 0.25) is 17.7 Å². The van der Waals surface area contributed by atoms with Gasteiger partial charge in [0, 0.05) is 23.5 Å². The number of carbonyl (C=O) groups is 4. The van der Waals surface area contributed by atoms with Crippen LogP contribution >= 0.6 is 0 Å². The fourth-order valence-electron chi connectivity index (χ4n) is 3.45. The molecule has 34 heavy (non-hydrogen) atoms. The normalized spacial score (nSPS) is 15.7. The van der Waals surface area contributed by atoms with Crippen molar-refractivity contribution in [2.75, 3.05) is 0 Å². The third-order valence-electron chi connectivity index (χ3n) is 5.44. The molecule has 0 bridgehead atoms. The molecule has 1 heterocycles. The first-order chi connectivity index (χ1) is 15.9. The Kier molecular flexibility index (Phi) is 9.16. The molecule has 11 heteroatoms. The molecule has 0 aliphatic rings. The minimum Gasteiger partial charge on any atom is -0.480 e. The van der Waals surface area contributed by atoms with E-state index in [4.69, 9.17) is 5.73 Å². The van der Waals surface area contributed by atoms with Crippen molar-refractivity contribution in [2.45, 2.75) is 64.4 Å². The number of hydrogen-bond acceptors (Lipinski definition) is 6. The topological polar surface area (TPSA) is 187 Å². The van der Waals surface area contributed by atoms with Gasteiger partial charge in [-0.15, -0.1) is 0 Å². The Bertz CT molecular complexity index is 1030. The molecule has 0 saturated heterocycles. The summed E-state index contributed by atoms with van der Waals surface area (Å²) in [5.41, 5.74) is 7.32. The summed E-state index contributed by atoms with van der Waals surface area (Å²) in [6, 6.07) is 2.95. The molecule has 8 N–H and O–H groups in total. The fourth-order valence-corrected chi connectivity index (χ4v) is 3.45. The second kappa shape index (κ2) is 11.6. The van der Waals surface area contributed by atoms with Crippen molar-refractivity contribution in [3.63, 3.8) is 0 Å². The summed E-state index contributed by atoms with van der Waals surface area (Å²) in [7, 11) is 0. The highest BCUT2D eigenvalue weighted by Gasteiger charge is 2.33. The predicted octanol–water partition coefficient (Wildman–Crippen LogP) is -0.367. The molecule has 1 aromatic heterocycles. The summed E-state index contributed by atoms with van der Waals surface area (Å²) in [5, 5.41) is 27.3. The van der Waals surface area contributed by atoms with Crippen LogP contribution in [0.2, 0.25) is 0 Å². The van der Waals surface area contributed by atoms with Crippen molar-refractivity contribution in [1.29, 1.82) is 0 Å². The maximum Gasteiger partial charge on any atom is 0.328 e. The molecule has 0 aliphatic carbocycles. The first-order valence-corrected chi connectivity index (χ1v) is 11.0. The Morgan fingerprint density at radius 3 is 2.12 bits per heavy atom. The minimum atomic E-state index is -1.54. The average molecular weight is 476 g/mol. The van der Waals surface area contributed by atoms with Gasteiger partial charge in [-0.25, -0.2) is 4.79 Å². The number of benzene rings is 1. The third kappa shape index (κ3) is 6.78. The highest BCUT2D eigenvalue weighted by Crippen LogP contribution is 2.19. The smallest absolute Gasteiger partial charge is 0.328 e. The largest absolute Gasteiger partial charge is 0.480 e. The lowest BCUT2D eigenvalue weighted by molar-refractivity contribution is -0.145. The molecule has 0 aliphatic heterocycles. The second-order valence-electron chi connectivity index (χ2n) is 8.71. The van der Waals surface area contributed by atoms with Crippen molar-refractivity contribution < 1.29 is 29.4 Å². The Labute approximate surface area is 197 Å². The Morgan fingerprint density at radius 1 is 0.941 bits per heavy atom. The van der Waals surface area contributed by atoms with Crippen molar-refractivity contribution in [3.05, 3.63) is 36.0 Å². The number of aliphatic carboxylic acids is 1. The van der Waals surface area contributed by atoms with Gasteiger partial charge in [-0.2, -0.15) is 0 Å². The van der Waals surface area contributed by atoms with Crippen LogP contribution in [0.25, 0.3) is 10.9 Å². The van der Waals surface area contributed by atoms with E-state index >= 15 is 0 Å². The monoisotopic (exact) mass is 475 g/mol. The summed E-state index contributed by atoms with van der Waals surface area (Å²) in [5.74, 6) is -3.74. The zero-order valence-electron chi connectivity index (χ0n) is 19.7. The summed E-state index contributed by atoms with van der Waals surface area (Å²) >= 11 is 0. The van der Waals surface area contributed by atoms with Crippen LogP contribution < -0.4 is 21.7 Å². The van der Waals surface area contributed by atoms with Crippen LogP contribution in [0.4, 0.5) is 0 Å². The van der Waals surface area contributed by atoms with Gasteiger partial charge in [0.25, 0.3) is 0 Å². The molecule has 11 nitrogen and oxygen atoms in total. The molecule has 2 aromatic rings. The average Bonchev–Trinajstić information content (AvgIpc) is 3.17. The van der Waals surface area contributed by atoms with Crippen LogP contribution in [0.5, 0.6) is 0 Å². The first kappa shape index (κ1) is 26.8. The van der Waals surface area contributed by atoms with Crippen molar-refractivity contribution in [2.24, 2.45) is 11.7 Å². The number of para-hydroxylation sites is 1. The number of carboxylic acids is 1. The number of aliphatic hydroxyl groups is 1. The summed E-state index contributed by atoms with van der Waals surface area (Å²) in [6.45, 7) is 6.08. The molecule has 5 atom stereocenters. The lowest BCUT2D eigenvalue weighted by atomic mass is 10.00. The van der Waals surface area contributed by atoms with Gasteiger partial charge in [-0.3, -0.25) is 14.4 Å². The number of carboxylic acid groups (broad SMARTS) is 1. The molecular formula is C23H33N5O6. The summed E-state index contributed by atoms with van der Waals surface area (Å²) in [4.78, 5) is 52.7. The summed E-state index contributed by atoms with van der Waals surface area (Å²) in [6.07, 6.45) is 0.534. The highest BCUT2D eigenvalue weighted by molar-refractivity contribution is 5.95. The number of aromatic amines is 1. The zero-order valence-corrected chi connectivity index (χ0v) is 19.7. The van der Waals surface area contributed by atoms with Gasteiger partial charge in [0.15, 0.2) is 6.04 Å². The van der Waals surface area contributed by atoms with E-state index in [0.717, 1.165) is 16.5 Å².